The van der Waals surface area contributed by atoms with E-state index in [0.29, 0.717) is 24.1 Å². The Kier molecular flexibility index (Phi) is 4.35. The maximum absolute atomic E-state index is 12.7. The molecule has 8 heteroatoms. The van der Waals surface area contributed by atoms with E-state index in [2.05, 4.69) is 4.98 Å². The van der Waals surface area contributed by atoms with Gasteiger partial charge in [-0.05, 0) is 26.0 Å². The van der Waals surface area contributed by atoms with Gasteiger partial charge in [0.05, 0.1) is 23.2 Å². The van der Waals surface area contributed by atoms with Crippen LogP contribution in [0.5, 0.6) is 0 Å². The van der Waals surface area contributed by atoms with Crippen molar-refractivity contribution in [3.63, 3.8) is 0 Å². The Labute approximate surface area is 141 Å². The van der Waals surface area contributed by atoms with E-state index in [1.807, 2.05) is 13.8 Å². The molecule has 130 valence electrons. The van der Waals surface area contributed by atoms with Crippen LogP contribution in [0.3, 0.4) is 0 Å². The van der Waals surface area contributed by atoms with E-state index in [-0.39, 0.29) is 29.8 Å². The van der Waals surface area contributed by atoms with Crippen LogP contribution in [0, 0.1) is 0 Å². The number of benzene rings is 1. The first-order chi connectivity index (χ1) is 11.3. The maximum atomic E-state index is 12.7. The highest BCUT2D eigenvalue weighted by Gasteiger charge is 2.28. The standard InChI is InChI=1S/C16H21N3O4S/c1-11-8-18(9-12(2)23-11)15(20)10-19-14-7-5-4-6-13(14)17-16(19)24(3,21)22/h4-7,11-12H,8-10H2,1-3H3. The first-order valence-corrected chi connectivity index (χ1v) is 9.73. The molecule has 2 atom stereocenters. The second-order valence-corrected chi connectivity index (χ2v) is 8.21. The summed E-state index contributed by atoms with van der Waals surface area (Å²) in [5.41, 5.74) is 1.20. The van der Waals surface area contributed by atoms with Crippen molar-refractivity contribution in [3.8, 4) is 0 Å². The van der Waals surface area contributed by atoms with E-state index in [1.165, 1.54) is 4.57 Å². The second kappa shape index (κ2) is 6.18. The van der Waals surface area contributed by atoms with Gasteiger partial charge in [-0.25, -0.2) is 13.4 Å². The van der Waals surface area contributed by atoms with E-state index in [4.69, 9.17) is 4.74 Å². The predicted octanol–water partition coefficient (Wildman–Crippen LogP) is 1.08. The molecule has 1 amide bonds. The molecule has 1 aliphatic rings. The van der Waals surface area contributed by atoms with Crippen LogP contribution in [0.1, 0.15) is 13.8 Å². The van der Waals surface area contributed by atoms with E-state index in [0.717, 1.165) is 6.26 Å². The average molecular weight is 351 g/mol. The van der Waals surface area contributed by atoms with Gasteiger partial charge in [0.1, 0.15) is 6.54 Å². The summed E-state index contributed by atoms with van der Waals surface area (Å²) < 4.78 is 31.2. The minimum absolute atomic E-state index is 0.0355. The molecule has 0 saturated carbocycles. The molecule has 1 saturated heterocycles. The van der Waals surface area contributed by atoms with Gasteiger partial charge in [0.15, 0.2) is 0 Å². The van der Waals surface area contributed by atoms with Crippen molar-refractivity contribution in [2.75, 3.05) is 19.3 Å². The fourth-order valence-corrected chi connectivity index (χ4v) is 3.93. The molecule has 1 aromatic heterocycles. The van der Waals surface area contributed by atoms with Crippen molar-refractivity contribution in [2.24, 2.45) is 0 Å². The van der Waals surface area contributed by atoms with Crippen molar-refractivity contribution < 1.29 is 17.9 Å². The molecule has 7 nitrogen and oxygen atoms in total. The fourth-order valence-electron chi connectivity index (χ4n) is 3.11. The van der Waals surface area contributed by atoms with Gasteiger partial charge >= 0.3 is 0 Å². The predicted molar refractivity (Wildman–Crippen MR) is 89.4 cm³/mol. The van der Waals surface area contributed by atoms with Crippen molar-refractivity contribution >= 4 is 26.8 Å². The van der Waals surface area contributed by atoms with Gasteiger partial charge in [0.2, 0.25) is 20.9 Å². The summed E-state index contributed by atoms with van der Waals surface area (Å²) in [5.74, 6) is -0.134. The number of carbonyl (C=O) groups excluding carboxylic acids is 1. The van der Waals surface area contributed by atoms with E-state index in [9.17, 15) is 13.2 Å². The van der Waals surface area contributed by atoms with Crippen LogP contribution in [0.15, 0.2) is 29.4 Å². The molecular weight excluding hydrogens is 330 g/mol. The van der Waals surface area contributed by atoms with Crippen LogP contribution in [0.2, 0.25) is 0 Å². The van der Waals surface area contributed by atoms with E-state index >= 15 is 0 Å². The van der Waals surface area contributed by atoms with Gasteiger partial charge < -0.3 is 14.2 Å². The molecule has 0 spiro atoms. The number of rotatable bonds is 3. The quantitative estimate of drug-likeness (QED) is 0.826. The topological polar surface area (TPSA) is 81.5 Å². The van der Waals surface area contributed by atoms with Gasteiger partial charge in [-0.1, -0.05) is 12.1 Å². The maximum Gasteiger partial charge on any atom is 0.242 e. The number of morpholine rings is 1. The van der Waals surface area contributed by atoms with Crippen molar-refractivity contribution in [1.82, 2.24) is 14.5 Å². The SMILES string of the molecule is CC1CN(C(=O)Cn2c(S(C)(=O)=O)nc3ccccc32)CC(C)O1. The van der Waals surface area contributed by atoms with Gasteiger partial charge in [0.25, 0.3) is 0 Å². The molecule has 0 bridgehead atoms. The van der Waals surface area contributed by atoms with Crippen LogP contribution in [0.4, 0.5) is 0 Å². The van der Waals surface area contributed by atoms with Gasteiger partial charge in [-0.15, -0.1) is 0 Å². The summed E-state index contributed by atoms with van der Waals surface area (Å²) in [6.45, 7) is 4.80. The summed E-state index contributed by atoms with van der Waals surface area (Å²) in [4.78, 5) is 18.6. The number of ether oxygens (including phenoxy) is 1. The number of hydrogen-bond donors (Lipinski definition) is 0. The Bertz CT molecular complexity index is 865. The summed E-state index contributed by atoms with van der Waals surface area (Å²) in [5, 5.41) is -0.0774. The van der Waals surface area contributed by atoms with Crippen molar-refractivity contribution in [3.05, 3.63) is 24.3 Å². The highest BCUT2D eigenvalue weighted by Crippen LogP contribution is 2.20. The molecule has 24 heavy (non-hydrogen) atoms. The van der Waals surface area contributed by atoms with Gasteiger partial charge in [-0.2, -0.15) is 0 Å². The van der Waals surface area contributed by atoms with Crippen LogP contribution in [-0.4, -0.2) is 60.3 Å². The Morgan fingerprint density at radius 2 is 1.88 bits per heavy atom. The first-order valence-electron chi connectivity index (χ1n) is 7.84. The van der Waals surface area contributed by atoms with Crippen LogP contribution in [0.25, 0.3) is 11.0 Å². The third-order valence-electron chi connectivity index (χ3n) is 4.02. The van der Waals surface area contributed by atoms with Gasteiger partial charge in [-0.3, -0.25) is 4.79 Å². The second-order valence-electron chi connectivity index (χ2n) is 6.30. The summed E-state index contributed by atoms with van der Waals surface area (Å²) in [6, 6.07) is 7.10. The Hall–Kier alpha value is -1.93. The molecule has 1 aromatic carbocycles. The number of nitrogens with zero attached hydrogens (tertiary/aromatic N) is 3. The lowest BCUT2D eigenvalue weighted by Crippen LogP contribution is -2.49. The smallest absolute Gasteiger partial charge is 0.242 e. The number of imidazole rings is 1. The van der Waals surface area contributed by atoms with E-state index in [1.54, 1.807) is 29.2 Å². The number of para-hydroxylation sites is 2. The lowest BCUT2D eigenvalue weighted by Gasteiger charge is -2.35. The zero-order chi connectivity index (χ0) is 17.5. The van der Waals surface area contributed by atoms with Crippen LogP contribution in [-0.2, 0) is 25.9 Å². The third-order valence-corrected chi connectivity index (χ3v) is 4.99. The number of carbonyl (C=O) groups is 1. The number of fused-ring (bicyclic) bond motifs is 1. The molecule has 0 aliphatic carbocycles. The minimum atomic E-state index is -3.54. The summed E-state index contributed by atoms with van der Waals surface area (Å²) in [6.07, 6.45) is 1.03. The van der Waals surface area contributed by atoms with Crippen molar-refractivity contribution in [1.29, 1.82) is 0 Å². The zero-order valence-corrected chi connectivity index (χ0v) is 14.8. The van der Waals surface area contributed by atoms with Crippen molar-refractivity contribution in [2.45, 2.75) is 37.8 Å². The fraction of sp³-hybridized carbons (Fsp3) is 0.500. The minimum Gasteiger partial charge on any atom is -0.372 e. The summed E-state index contributed by atoms with van der Waals surface area (Å²) >= 11 is 0. The number of sulfone groups is 1. The summed E-state index contributed by atoms with van der Waals surface area (Å²) in [7, 11) is -3.54. The molecule has 1 fully saturated rings. The molecule has 0 radical (unpaired) electrons. The lowest BCUT2D eigenvalue weighted by molar-refractivity contribution is -0.143. The zero-order valence-electron chi connectivity index (χ0n) is 14.0. The molecular formula is C16H21N3O4S. The highest BCUT2D eigenvalue weighted by molar-refractivity contribution is 7.90. The van der Waals surface area contributed by atoms with E-state index < -0.39 is 9.84 Å². The Morgan fingerprint density at radius 1 is 1.25 bits per heavy atom. The first kappa shape index (κ1) is 16.9. The number of amides is 1. The monoisotopic (exact) mass is 351 g/mol. The largest absolute Gasteiger partial charge is 0.372 e. The van der Waals surface area contributed by atoms with Crippen LogP contribution >= 0.6 is 0 Å². The molecule has 2 unspecified atom stereocenters. The normalized spacial score (nSPS) is 22.0. The molecule has 2 heterocycles. The van der Waals surface area contributed by atoms with Crippen LogP contribution < -0.4 is 0 Å². The highest BCUT2D eigenvalue weighted by atomic mass is 32.2. The number of aromatic nitrogens is 2. The third kappa shape index (κ3) is 3.29. The molecule has 2 aromatic rings. The lowest BCUT2D eigenvalue weighted by atomic mass is 10.2. The molecule has 3 rings (SSSR count). The molecule has 1 aliphatic heterocycles. The molecule has 0 N–H and O–H groups in total. The van der Waals surface area contributed by atoms with Gasteiger partial charge in [0, 0.05) is 19.3 Å². The Morgan fingerprint density at radius 3 is 2.50 bits per heavy atom. The Balaban J connectivity index is 1.96. The average Bonchev–Trinajstić information content (AvgIpc) is 2.85. The number of hydrogen-bond acceptors (Lipinski definition) is 5.